The molecule has 0 aliphatic heterocycles. The number of ether oxygens (including phenoxy) is 1. The van der Waals surface area contributed by atoms with Gasteiger partial charge in [0.05, 0.1) is 0 Å². The lowest BCUT2D eigenvalue weighted by Crippen LogP contribution is -2.28. The second-order valence-electron chi connectivity index (χ2n) is 5.86. The Bertz CT molecular complexity index is 638. The zero-order valence-corrected chi connectivity index (χ0v) is 16.9. The van der Waals surface area contributed by atoms with E-state index in [1.807, 2.05) is 30.5 Å². The third kappa shape index (κ3) is 6.46. The Morgan fingerprint density at radius 1 is 1.16 bits per heavy atom. The monoisotopic (exact) mass is 381 g/mol. The molecule has 0 aliphatic rings. The van der Waals surface area contributed by atoms with E-state index >= 15 is 0 Å². The number of thiophene rings is 1. The topological polar surface area (TPSA) is 29.5 Å². The number of carbonyl (C=O) groups is 1. The van der Waals surface area contributed by atoms with Crippen molar-refractivity contribution in [3.63, 3.8) is 0 Å². The molecule has 3 nitrogen and oxygen atoms in total. The second-order valence-corrected chi connectivity index (χ2v) is 6.74. The minimum absolute atomic E-state index is 0. The van der Waals surface area contributed by atoms with Crippen molar-refractivity contribution in [2.75, 3.05) is 26.2 Å². The van der Waals surface area contributed by atoms with E-state index in [1.54, 1.807) is 0 Å². The van der Waals surface area contributed by atoms with Gasteiger partial charge in [-0.15, -0.1) is 23.7 Å². The molecule has 0 bridgehead atoms. The molecule has 0 radical (unpaired) electrons. The van der Waals surface area contributed by atoms with Crippen molar-refractivity contribution in [1.82, 2.24) is 4.90 Å². The average molecular weight is 382 g/mol. The maximum absolute atomic E-state index is 12.6. The van der Waals surface area contributed by atoms with Gasteiger partial charge in [-0.05, 0) is 37.4 Å². The predicted octanol–water partition coefficient (Wildman–Crippen LogP) is 5.01. The van der Waals surface area contributed by atoms with E-state index in [1.165, 1.54) is 16.9 Å². The number of hydrogen-bond acceptors (Lipinski definition) is 4. The van der Waals surface area contributed by atoms with Crippen LogP contribution in [0.5, 0.6) is 5.75 Å². The number of aryl methyl sites for hydroxylation is 2. The molecule has 0 saturated carbocycles. The second kappa shape index (κ2) is 11.3. The fourth-order valence-electron chi connectivity index (χ4n) is 2.64. The third-order valence-corrected chi connectivity index (χ3v) is 5.32. The maximum atomic E-state index is 12.6. The third-order valence-electron chi connectivity index (χ3n) is 4.20. The molecule has 0 aliphatic carbocycles. The van der Waals surface area contributed by atoms with Gasteiger partial charge < -0.3 is 9.64 Å². The van der Waals surface area contributed by atoms with Gasteiger partial charge in [-0.25, -0.2) is 0 Å². The highest BCUT2D eigenvalue weighted by molar-refractivity contribution is 7.12. The van der Waals surface area contributed by atoms with Crippen LogP contribution in [0, 0.1) is 6.92 Å². The molecule has 0 atom stereocenters. The zero-order valence-electron chi connectivity index (χ0n) is 15.3. The number of ketones is 1. The number of halogens is 1. The molecule has 1 aromatic heterocycles. The van der Waals surface area contributed by atoms with Crippen molar-refractivity contribution in [3.05, 3.63) is 51.7 Å². The van der Waals surface area contributed by atoms with Crippen LogP contribution in [0.3, 0.4) is 0 Å². The van der Waals surface area contributed by atoms with Gasteiger partial charge >= 0.3 is 0 Å². The number of hydrogen-bond donors (Lipinski definition) is 0. The molecule has 1 heterocycles. The van der Waals surface area contributed by atoms with Crippen molar-refractivity contribution >= 4 is 29.5 Å². The summed E-state index contributed by atoms with van der Waals surface area (Å²) in [5, 5.41) is 2.02. The first-order valence-corrected chi connectivity index (χ1v) is 9.54. The van der Waals surface area contributed by atoms with Crippen molar-refractivity contribution in [2.45, 2.75) is 33.6 Å². The first kappa shape index (κ1) is 21.7. The average Bonchev–Trinajstić information content (AvgIpc) is 2.98. The summed E-state index contributed by atoms with van der Waals surface area (Å²) in [6.07, 6.45) is 1.30. The Balaban J connectivity index is 0.00000312. The van der Waals surface area contributed by atoms with Crippen LogP contribution in [0.4, 0.5) is 0 Å². The van der Waals surface area contributed by atoms with E-state index in [0.29, 0.717) is 13.0 Å². The molecule has 0 N–H and O–H groups in total. The molecule has 25 heavy (non-hydrogen) atoms. The van der Waals surface area contributed by atoms with E-state index in [2.05, 4.69) is 30.9 Å². The van der Waals surface area contributed by atoms with Crippen molar-refractivity contribution in [2.24, 2.45) is 0 Å². The summed E-state index contributed by atoms with van der Waals surface area (Å²) >= 11 is 1.50. The molecule has 2 rings (SSSR count). The summed E-state index contributed by atoms with van der Waals surface area (Å²) in [4.78, 5) is 15.7. The standard InChI is InChI=1S/C20H27NO2S.ClH/c1-4-21(5-2)13-14-23-19-16(3)15-24-20(19)18(22)12-11-17-9-7-6-8-10-17;/h6-10,15H,4-5,11-14H2,1-3H3;1H. The van der Waals surface area contributed by atoms with Gasteiger partial charge in [-0.3, -0.25) is 4.79 Å². The molecule has 2 aromatic rings. The normalized spacial score (nSPS) is 10.6. The smallest absolute Gasteiger partial charge is 0.176 e. The Hall–Kier alpha value is -1.36. The van der Waals surface area contributed by atoms with Gasteiger partial charge in [-0.2, -0.15) is 0 Å². The van der Waals surface area contributed by atoms with Crippen LogP contribution < -0.4 is 4.74 Å². The number of likely N-dealkylation sites (N-methyl/N-ethyl adjacent to an activating group) is 1. The molecule has 138 valence electrons. The summed E-state index contributed by atoms with van der Waals surface area (Å²) in [7, 11) is 0. The van der Waals surface area contributed by atoms with Gasteiger partial charge in [0.1, 0.15) is 17.2 Å². The summed E-state index contributed by atoms with van der Waals surface area (Å²) in [5.74, 6) is 0.958. The summed E-state index contributed by atoms with van der Waals surface area (Å²) in [6.45, 7) is 9.86. The van der Waals surface area contributed by atoms with Crippen LogP contribution in [0.15, 0.2) is 35.7 Å². The molecule has 0 fully saturated rings. The van der Waals surface area contributed by atoms with Gasteiger partial charge in [0, 0.05) is 18.5 Å². The highest BCUT2D eigenvalue weighted by atomic mass is 35.5. The van der Waals surface area contributed by atoms with E-state index in [9.17, 15) is 4.79 Å². The number of rotatable bonds is 10. The van der Waals surface area contributed by atoms with Crippen LogP contribution in [0.1, 0.15) is 41.1 Å². The molecule has 1 aromatic carbocycles. The fraction of sp³-hybridized carbons (Fsp3) is 0.450. The Kier molecular flexibility index (Phi) is 9.79. The summed E-state index contributed by atoms with van der Waals surface area (Å²) < 4.78 is 5.96. The van der Waals surface area contributed by atoms with Gasteiger partial charge in [0.25, 0.3) is 0 Å². The lowest BCUT2D eigenvalue weighted by molar-refractivity contribution is 0.0982. The first-order valence-electron chi connectivity index (χ1n) is 8.66. The first-order chi connectivity index (χ1) is 11.7. The number of nitrogens with zero attached hydrogens (tertiary/aromatic N) is 1. The van der Waals surface area contributed by atoms with E-state index in [0.717, 1.165) is 42.2 Å². The molecular formula is C20H28ClNO2S. The Labute approximate surface area is 161 Å². The highest BCUT2D eigenvalue weighted by Crippen LogP contribution is 2.31. The lowest BCUT2D eigenvalue weighted by atomic mass is 10.1. The van der Waals surface area contributed by atoms with E-state index < -0.39 is 0 Å². The van der Waals surface area contributed by atoms with Gasteiger partial charge in [0.15, 0.2) is 5.78 Å². The van der Waals surface area contributed by atoms with E-state index in [4.69, 9.17) is 4.74 Å². The maximum Gasteiger partial charge on any atom is 0.176 e. The van der Waals surface area contributed by atoms with Crippen molar-refractivity contribution in [1.29, 1.82) is 0 Å². The van der Waals surface area contributed by atoms with Crippen molar-refractivity contribution < 1.29 is 9.53 Å². The molecule has 0 saturated heterocycles. The van der Waals surface area contributed by atoms with Crippen LogP contribution in [0.25, 0.3) is 0 Å². The lowest BCUT2D eigenvalue weighted by Gasteiger charge is -2.18. The fourth-order valence-corrected chi connectivity index (χ4v) is 3.60. The zero-order chi connectivity index (χ0) is 17.4. The quantitative estimate of drug-likeness (QED) is 0.541. The SMILES string of the molecule is CCN(CC)CCOc1c(C)csc1C(=O)CCc1ccccc1.Cl. The number of Topliss-reactive ketones (excluding diaryl/α,β-unsaturated/α-hetero) is 1. The van der Waals surface area contributed by atoms with Gasteiger partial charge in [-0.1, -0.05) is 44.2 Å². The predicted molar refractivity (Wildman–Crippen MR) is 109 cm³/mol. The van der Waals surface area contributed by atoms with Crippen molar-refractivity contribution in [3.8, 4) is 5.75 Å². The molecular weight excluding hydrogens is 354 g/mol. The highest BCUT2D eigenvalue weighted by Gasteiger charge is 2.17. The Morgan fingerprint density at radius 2 is 1.84 bits per heavy atom. The Morgan fingerprint density at radius 3 is 2.48 bits per heavy atom. The summed E-state index contributed by atoms with van der Waals surface area (Å²) in [5.41, 5.74) is 2.26. The van der Waals surface area contributed by atoms with E-state index in [-0.39, 0.29) is 18.2 Å². The largest absolute Gasteiger partial charge is 0.490 e. The van der Waals surface area contributed by atoms with Crippen LogP contribution in [-0.2, 0) is 6.42 Å². The minimum Gasteiger partial charge on any atom is -0.490 e. The molecule has 0 unspecified atom stereocenters. The molecule has 5 heteroatoms. The summed E-state index contributed by atoms with van der Waals surface area (Å²) in [6, 6.07) is 10.1. The van der Waals surface area contributed by atoms with Gasteiger partial charge in [0.2, 0.25) is 0 Å². The van der Waals surface area contributed by atoms with Crippen LogP contribution in [0.2, 0.25) is 0 Å². The molecule has 0 amide bonds. The number of carbonyl (C=O) groups excluding carboxylic acids is 1. The molecule has 0 spiro atoms. The minimum atomic E-state index is 0. The number of benzene rings is 1. The van der Waals surface area contributed by atoms with Crippen LogP contribution >= 0.6 is 23.7 Å². The van der Waals surface area contributed by atoms with Crippen LogP contribution in [-0.4, -0.2) is 36.9 Å².